The summed E-state index contributed by atoms with van der Waals surface area (Å²) in [5, 5.41) is 32.5. The van der Waals surface area contributed by atoms with E-state index < -0.39 is 40.5 Å². The summed E-state index contributed by atoms with van der Waals surface area (Å²) in [5.41, 5.74) is -0.478. The molecule has 0 saturated carbocycles. The molecular weight excluding hydrogens is 536 g/mol. The SMILES string of the molecule is CCC(Sc1cccc(NC(=O)c2ccc(C(=O)O)cc2C(=O)O)c1)C(=O)Nc1cc(C(=O)O)ccc1Cl. The van der Waals surface area contributed by atoms with Gasteiger partial charge < -0.3 is 26.0 Å². The van der Waals surface area contributed by atoms with Crippen molar-refractivity contribution in [3.8, 4) is 0 Å². The summed E-state index contributed by atoms with van der Waals surface area (Å²) in [6.07, 6.45) is 0.418. The van der Waals surface area contributed by atoms with Gasteiger partial charge in [0.2, 0.25) is 5.91 Å². The lowest BCUT2D eigenvalue weighted by Crippen LogP contribution is -2.25. The molecule has 0 saturated heterocycles. The normalized spacial score (nSPS) is 11.3. The van der Waals surface area contributed by atoms with Crippen molar-refractivity contribution in [2.24, 2.45) is 0 Å². The fourth-order valence-electron chi connectivity index (χ4n) is 3.35. The van der Waals surface area contributed by atoms with Gasteiger partial charge in [0.25, 0.3) is 5.91 Å². The molecule has 3 rings (SSSR count). The largest absolute Gasteiger partial charge is 0.478 e. The number of benzene rings is 3. The molecular formula is C26H21ClN2O8S. The highest BCUT2D eigenvalue weighted by Crippen LogP contribution is 2.30. The highest BCUT2D eigenvalue weighted by atomic mass is 35.5. The van der Waals surface area contributed by atoms with Crippen molar-refractivity contribution in [3.05, 3.63) is 87.9 Å². The number of aromatic carboxylic acids is 3. The Kier molecular flexibility index (Phi) is 9.11. The van der Waals surface area contributed by atoms with Gasteiger partial charge in [0.1, 0.15) is 0 Å². The number of carbonyl (C=O) groups excluding carboxylic acids is 2. The molecule has 3 aromatic rings. The molecule has 5 N–H and O–H groups in total. The number of carbonyl (C=O) groups is 5. The summed E-state index contributed by atoms with van der Waals surface area (Å²) >= 11 is 7.31. The van der Waals surface area contributed by atoms with Crippen LogP contribution in [0.4, 0.5) is 11.4 Å². The molecule has 0 aromatic heterocycles. The van der Waals surface area contributed by atoms with Crippen LogP contribution in [0.15, 0.2) is 65.6 Å². The van der Waals surface area contributed by atoms with Gasteiger partial charge in [0.05, 0.1) is 38.2 Å². The van der Waals surface area contributed by atoms with Crippen LogP contribution in [0, 0.1) is 0 Å². The maximum Gasteiger partial charge on any atom is 0.336 e. The summed E-state index contributed by atoms with van der Waals surface area (Å²) < 4.78 is 0. The number of nitrogens with one attached hydrogen (secondary N) is 2. The summed E-state index contributed by atoms with van der Waals surface area (Å²) in [4.78, 5) is 60.3. The fourth-order valence-corrected chi connectivity index (χ4v) is 4.53. The number of hydrogen-bond donors (Lipinski definition) is 5. The predicted molar refractivity (Wildman–Crippen MR) is 142 cm³/mol. The highest BCUT2D eigenvalue weighted by Gasteiger charge is 2.22. The van der Waals surface area contributed by atoms with Gasteiger partial charge in [-0.05, 0) is 61.0 Å². The van der Waals surface area contributed by atoms with E-state index in [1.807, 2.05) is 0 Å². The fraction of sp³-hybridized carbons (Fsp3) is 0.115. The number of hydrogen-bond acceptors (Lipinski definition) is 6. The minimum atomic E-state index is -1.45. The van der Waals surface area contributed by atoms with Gasteiger partial charge in [-0.2, -0.15) is 0 Å². The van der Waals surface area contributed by atoms with Gasteiger partial charge in [0, 0.05) is 10.6 Å². The van der Waals surface area contributed by atoms with E-state index in [0.717, 1.165) is 18.2 Å². The number of thioether (sulfide) groups is 1. The van der Waals surface area contributed by atoms with Crippen molar-refractivity contribution in [1.29, 1.82) is 0 Å². The first-order valence-electron chi connectivity index (χ1n) is 11.0. The van der Waals surface area contributed by atoms with E-state index in [0.29, 0.717) is 17.0 Å². The van der Waals surface area contributed by atoms with Gasteiger partial charge in [0.15, 0.2) is 0 Å². The molecule has 1 unspecified atom stereocenters. The molecule has 0 heterocycles. The van der Waals surface area contributed by atoms with Crippen LogP contribution < -0.4 is 10.6 Å². The van der Waals surface area contributed by atoms with Crippen molar-refractivity contribution < 1.29 is 39.3 Å². The lowest BCUT2D eigenvalue weighted by molar-refractivity contribution is -0.115. The van der Waals surface area contributed by atoms with Crippen molar-refractivity contribution >= 4 is 64.5 Å². The molecule has 0 aliphatic heterocycles. The number of rotatable bonds is 10. The maximum atomic E-state index is 12.9. The zero-order chi connectivity index (χ0) is 28.0. The molecule has 2 amide bonds. The third-order valence-corrected chi connectivity index (χ3v) is 6.93. The molecule has 3 aromatic carbocycles. The van der Waals surface area contributed by atoms with Crippen LogP contribution in [-0.4, -0.2) is 50.3 Å². The van der Waals surface area contributed by atoms with Crippen molar-refractivity contribution in [2.45, 2.75) is 23.5 Å². The van der Waals surface area contributed by atoms with Crippen LogP contribution >= 0.6 is 23.4 Å². The lowest BCUT2D eigenvalue weighted by atomic mass is 10.0. The first kappa shape index (κ1) is 28.2. The topological polar surface area (TPSA) is 170 Å². The second-order valence-electron chi connectivity index (χ2n) is 7.86. The van der Waals surface area contributed by atoms with Crippen LogP contribution in [-0.2, 0) is 4.79 Å². The zero-order valence-corrected chi connectivity index (χ0v) is 21.3. The minimum Gasteiger partial charge on any atom is -0.478 e. The van der Waals surface area contributed by atoms with E-state index >= 15 is 0 Å². The zero-order valence-electron chi connectivity index (χ0n) is 19.7. The Hall–Kier alpha value is -4.35. The third kappa shape index (κ3) is 6.90. The Morgan fingerprint density at radius 3 is 2.11 bits per heavy atom. The Bertz CT molecular complexity index is 1440. The quantitative estimate of drug-likeness (QED) is 0.211. The Morgan fingerprint density at radius 1 is 0.816 bits per heavy atom. The van der Waals surface area contributed by atoms with E-state index in [4.69, 9.17) is 16.7 Å². The first-order chi connectivity index (χ1) is 18.0. The van der Waals surface area contributed by atoms with E-state index in [9.17, 15) is 34.2 Å². The molecule has 38 heavy (non-hydrogen) atoms. The second-order valence-corrected chi connectivity index (χ2v) is 9.54. The van der Waals surface area contributed by atoms with Crippen molar-refractivity contribution in [2.75, 3.05) is 10.6 Å². The van der Waals surface area contributed by atoms with Crippen LogP contribution in [0.2, 0.25) is 5.02 Å². The van der Waals surface area contributed by atoms with Gasteiger partial charge in [-0.25, -0.2) is 14.4 Å². The van der Waals surface area contributed by atoms with Gasteiger partial charge in [-0.15, -0.1) is 11.8 Å². The van der Waals surface area contributed by atoms with E-state index in [2.05, 4.69) is 10.6 Å². The van der Waals surface area contributed by atoms with Crippen LogP contribution in [0.25, 0.3) is 0 Å². The van der Waals surface area contributed by atoms with Crippen molar-refractivity contribution in [3.63, 3.8) is 0 Å². The summed E-state index contributed by atoms with van der Waals surface area (Å²) in [7, 11) is 0. The van der Waals surface area contributed by atoms with E-state index in [1.165, 1.54) is 30.0 Å². The Labute approximate surface area is 225 Å². The monoisotopic (exact) mass is 556 g/mol. The third-order valence-electron chi connectivity index (χ3n) is 5.25. The van der Waals surface area contributed by atoms with E-state index in [1.54, 1.807) is 31.2 Å². The predicted octanol–water partition coefficient (Wildman–Crippen LogP) is 5.20. The smallest absolute Gasteiger partial charge is 0.336 e. The number of halogens is 1. The molecule has 0 bridgehead atoms. The van der Waals surface area contributed by atoms with E-state index in [-0.39, 0.29) is 27.4 Å². The number of amides is 2. The number of carboxylic acids is 3. The van der Waals surface area contributed by atoms with Crippen LogP contribution in [0.3, 0.4) is 0 Å². The molecule has 0 aliphatic rings. The van der Waals surface area contributed by atoms with Crippen LogP contribution in [0.1, 0.15) is 54.8 Å². The average molecular weight is 557 g/mol. The maximum absolute atomic E-state index is 12.9. The average Bonchev–Trinajstić information content (AvgIpc) is 2.88. The molecule has 10 nitrogen and oxygen atoms in total. The number of carboxylic acid groups (broad SMARTS) is 3. The van der Waals surface area contributed by atoms with Gasteiger partial charge in [-0.1, -0.05) is 24.6 Å². The highest BCUT2D eigenvalue weighted by molar-refractivity contribution is 8.00. The Balaban J connectivity index is 1.76. The molecule has 0 radical (unpaired) electrons. The molecule has 196 valence electrons. The van der Waals surface area contributed by atoms with Gasteiger partial charge in [-0.3, -0.25) is 9.59 Å². The van der Waals surface area contributed by atoms with Crippen molar-refractivity contribution in [1.82, 2.24) is 0 Å². The molecule has 1 atom stereocenters. The summed E-state index contributed by atoms with van der Waals surface area (Å²) in [6, 6.07) is 13.7. The molecule has 0 fully saturated rings. The first-order valence-corrected chi connectivity index (χ1v) is 12.3. The standard InChI is InChI=1S/C26H21ClN2O8S/c1-2-21(23(31)29-20-11-14(25(34)35)7-9-19(20)27)38-16-5-3-4-15(12-16)28-22(30)17-8-6-13(24(32)33)10-18(17)26(36)37/h3-12,21H,2H2,1H3,(H,28,30)(H,29,31)(H,32,33)(H,34,35)(H,36,37). The summed E-state index contributed by atoms with van der Waals surface area (Å²) in [5.74, 6) is -5.09. The summed E-state index contributed by atoms with van der Waals surface area (Å²) in [6.45, 7) is 1.80. The molecule has 12 heteroatoms. The lowest BCUT2D eigenvalue weighted by Gasteiger charge is -2.16. The second kappa shape index (κ2) is 12.3. The number of anilines is 2. The molecule has 0 spiro atoms. The van der Waals surface area contributed by atoms with Crippen LogP contribution in [0.5, 0.6) is 0 Å². The molecule has 0 aliphatic carbocycles. The Morgan fingerprint density at radius 2 is 1.47 bits per heavy atom. The van der Waals surface area contributed by atoms with Gasteiger partial charge >= 0.3 is 17.9 Å². The minimum absolute atomic E-state index is 0.0301.